The van der Waals surface area contributed by atoms with Gasteiger partial charge in [0.15, 0.2) is 0 Å². The summed E-state index contributed by atoms with van der Waals surface area (Å²) in [6.45, 7) is 4.68. The Balaban J connectivity index is 0.000000210. The summed E-state index contributed by atoms with van der Waals surface area (Å²) in [5.41, 5.74) is 0. The summed E-state index contributed by atoms with van der Waals surface area (Å²) in [5, 5.41) is 11.0. The lowest BCUT2D eigenvalue weighted by Gasteiger charge is -2.02. The number of aliphatic hydroxyl groups excluding tert-OH is 1. The Labute approximate surface area is 127 Å². The molecule has 0 aliphatic rings. The molecule has 0 aromatic heterocycles. The second-order valence-corrected chi connectivity index (χ2v) is 4.65. The summed E-state index contributed by atoms with van der Waals surface area (Å²) in [6.07, 6.45) is 2.28. The Hall–Kier alpha value is -1.42. The number of aliphatic hydroxyl groups is 1. The molecule has 3 heteroatoms. The molecular weight excluding hydrogens is 264 g/mol. The van der Waals surface area contributed by atoms with Crippen LogP contribution in [0.4, 0.5) is 0 Å². The van der Waals surface area contributed by atoms with Gasteiger partial charge in [0.1, 0.15) is 0 Å². The molecule has 0 saturated carbocycles. The normalized spacial score (nSPS) is 10.2. The average Bonchev–Trinajstić information content (AvgIpc) is 2.55. The number of fused-ring (bicyclic) bond motifs is 1. The quantitative estimate of drug-likeness (QED) is 0.754. The van der Waals surface area contributed by atoms with Crippen LogP contribution < -0.4 is 0 Å². The van der Waals surface area contributed by atoms with Crippen LogP contribution in [-0.2, 0) is 9.47 Å². The van der Waals surface area contributed by atoms with E-state index < -0.39 is 0 Å². The van der Waals surface area contributed by atoms with Crippen LogP contribution in [0.3, 0.4) is 0 Å². The summed E-state index contributed by atoms with van der Waals surface area (Å²) < 4.78 is 10.2. The minimum Gasteiger partial charge on any atom is -0.394 e. The van der Waals surface area contributed by atoms with Crippen molar-refractivity contribution in [1.82, 2.24) is 0 Å². The van der Waals surface area contributed by atoms with Gasteiger partial charge in [-0.05, 0) is 17.2 Å². The largest absolute Gasteiger partial charge is 0.394 e. The van der Waals surface area contributed by atoms with Crippen molar-refractivity contribution in [1.29, 1.82) is 0 Å². The van der Waals surface area contributed by atoms with Gasteiger partial charge in [-0.2, -0.15) is 0 Å². The number of rotatable bonds is 8. The van der Waals surface area contributed by atoms with Gasteiger partial charge in [0, 0.05) is 6.61 Å². The molecular formula is C18H26O3. The van der Waals surface area contributed by atoms with E-state index in [4.69, 9.17) is 14.6 Å². The lowest BCUT2D eigenvalue weighted by Crippen LogP contribution is -2.07. The average molecular weight is 290 g/mol. The molecule has 0 atom stereocenters. The van der Waals surface area contributed by atoms with E-state index >= 15 is 0 Å². The van der Waals surface area contributed by atoms with Crippen molar-refractivity contribution in [3.63, 3.8) is 0 Å². The Morgan fingerprint density at radius 2 is 1.24 bits per heavy atom. The van der Waals surface area contributed by atoms with E-state index in [0.29, 0.717) is 19.8 Å². The van der Waals surface area contributed by atoms with Crippen molar-refractivity contribution in [3.8, 4) is 0 Å². The van der Waals surface area contributed by atoms with E-state index in [1.165, 1.54) is 10.8 Å². The Kier molecular flexibility index (Phi) is 10.4. The highest BCUT2D eigenvalue weighted by molar-refractivity contribution is 5.81. The predicted octanol–water partition coefficient (Wildman–Crippen LogP) is 3.65. The van der Waals surface area contributed by atoms with Crippen LogP contribution in [0, 0.1) is 0 Å². The molecule has 0 amide bonds. The molecule has 0 unspecified atom stereocenters. The highest BCUT2D eigenvalue weighted by Crippen LogP contribution is 2.11. The first-order valence-electron chi connectivity index (χ1n) is 7.58. The van der Waals surface area contributed by atoms with E-state index in [1.807, 2.05) is 0 Å². The molecule has 0 saturated heterocycles. The number of ether oxygens (including phenoxy) is 2. The molecule has 0 spiro atoms. The van der Waals surface area contributed by atoms with E-state index in [9.17, 15) is 0 Å². The summed E-state index contributed by atoms with van der Waals surface area (Å²) in [5.74, 6) is 0. The second kappa shape index (κ2) is 12.3. The van der Waals surface area contributed by atoms with Crippen molar-refractivity contribution < 1.29 is 14.6 Å². The Morgan fingerprint density at radius 3 is 1.67 bits per heavy atom. The fourth-order valence-electron chi connectivity index (χ4n) is 1.77. The number of benzene rings is 2. The fourth-order valence-corrected chi connectivity index (χ4v) is 1.77. The molecule has 2 rings (SSSR count). The van der Waals surface area contributed by atoms with Crippen LogP contribution >= 0.6 is 0 Å². The predicted molar refractivity (Wildman–Crippen MR) is 87.6 cm³/mol. The van der Waals surface area contributed by atoms with Crippen LogP contribution in [0.2, 0.25) is 0 Å². The first-order chi connectivity index (χ1) is 10.4. The zero-order chi connectivity index (χ0) is 15.2. The van der Waals surface area contributed by atoms with Crippen LogP contribution in [-0.4, -0.2) is 38.1 Å². The molecule has 1 N–H and O–H groups in total. The van der Waals surface area contributed by atoms with E-state index in [-0.39, 0.29) is 6.61 Å². The molecule has 2 aromatic carbocycles. The molecule has 3 nitrogen and oxygen atoms in total. The smallest absolute Gasteiger partial charge is 0.0701 e. The summed E-state index contributed by atoms with van der Waals surface area (Å²) >= 11 is 0. The van der Waals surface area contributed by atoms with Gasteiger partial charge in [-0.3, -0.25) is 0 Å². The van der Waals surface area contributed by atoms with Crippen molar-refractivity contribution in [2.75, 3.05) is 33.0 Å². The van der Waals surface area contributed by atoms with Gasteiger partial charge in [-0.25, -0.2) is 0 Å². The first-order valence-corrected chi connectivity index (χ1v) is 7.58. The van der Waals surface area contributed by atoms with Crippen LogP contribution in [0.25, 0.3) is 10.8 Å². The molecule has 2 aromatic rings. The van der Waals surface area contributed by atoms with Crippen molar-refractivity contribution in [2.45, 2.75) is 19.8 Å². The minimum absolute atomic E-state index is 0.0922. The lowest BCUT2D eigenvalue weighted by atomic mass is 10.1. The van der Waals surface area contributed by atoms with Gasteiger partial charge >= 0.3 is 0 Å². The topological polar surface area (TPSA) is 38.7 Å². The van der Waals surface area contributed by atoms with Gasteiger partial charge in [0.2, 0.25) is 0 Å². The monoisotopic (exact) mass is 290 g/mol. The maximum atomic E-state index is 8.34. The fraction of sp³-hybridized carbons (Fsp3) is 0.444. The van der Waals surface area contributed by atoms with Crippen LogP contribution in [0.15, 0.2) is 48.5 Å². The molecule has 0 heterocycles. The number of hydrogen-bond acceptors (Lipinski definition) is 3. The third-order valence-corrected chi connectivity index (χ3v) is 2.91. The Morgan fingerprint density at radius 1 is 0.762 bits per heavy atom. The van der Waals surface area contributed by atoms with Gasteiger partial charge in [-0.15, -0.1) is 0 Å². The highest BCUT2D eigenvalue weighted by atomic mass is 16.5. The van der Waals surface area contributed by atoms with Gasteiger partial charge in [-0.1, -0.05) is 61.9 Å². The summed E-state index contributed by atoms with van der Waals surface area (Å²) in [7, 11) is 0. The highest BCUT2D eigenvalue weighted by Gasteiger charge is 1.88. The molecule has 21 heavy (non-hydrogen) atoms. The van der Waals surface area contributed by atoms with Crippen molar-refractivity contribution in [3.05, 3.63) is 48.5 Å². The van der Waals surface area contributed by atoms with Crippen molar-refractivity contribution in [2.24, 2.45) is 0 Å². The van der Waals surface area contributed by atoms with E-state index in [0.717, 1.165) is 19.4 Å². The SMILES string of the molecule is CCCCOCCOCCO.c1ccc2ccccc2c1. The second-order valence-electron chi connectivity index (χ2n) is 4.65. The van der Waals surface area contributed by atoms with Crippen LogP contribution in [0.5, 0.6) is 0 Å². The lowest BCUT2D eigenvalue weighted by molar-refractivity contribution is 0.0324. The van der Waals surface area contributed by atoms with Gasteiger partial charge < -0.3 is 14.6 Å². The molecule has 116 valence electrons. The Bertz CT molecular complexity index is 397. The maximum absolute atomic E-state index is 8.34. The summed E-state index contributed by atoms with van der Waals surface area (Å²) in [6, 6.07) is 16.7. The third kappa shape index (κ3) is 8.45. The molecule has 0 fully saturated rings. The first kappa shape index (κ1) is 17.6. The molecule has 0 radical (unpaired) electrons. The number of unbranched alkanes of at least 4 members (excludes halogenated alkanes) is 1. The van der Waals surface area contributed by atoms with Gasteiger partial charge in [0.25, 0.3) is 0 Å². The van der Waals surface area contributed by atoms with Crippen LogP contribution in [0.1, 0.15) is 19.8 Å². The van der Waals surface area contributed by atoms with Crippen molar-refractivity contribution >= 4 is 10.8 Å². The molecule has 0 bridgehead atoms. The molecule has 0 aliphatic carbocycles. The third-order valence-electron chi connectivity index (χ3n) is 2.91. The number of hydrogen-bond donors (Lipinski definition) is 1. The van der Waals surface area contributed by atoms with E-state index in [2.05, 4.69) is 55.5 Å². The van der Waals surface area contributed by atoms with E-state index in [1.54, 1.807) is 0 Å². The minimum atomic E-state index is 0.0922. The zero-order valence-corrected chi connectivity index (χ0v) is 12.8. The summed E-state index contributed by atoms with van der Waals surface area (Å²) in [4.78, 5) is 0. The maximum Gasteiger partial charge on any atom is 0.0701 e. The zero-order valence-electron chi connectivity index (χ0n) is 12.8. The standard InChI is InChI=1S/C10H8.C8H18O3/c1-2-6-10-8-4-3-7-9(10)5-1;1-2-3-5-10-7-8-11-6-4-9/h1-8H;9H,2-8H2,1H3. The molecule has 0 aliphatic heterocycles. The van der Waals surface area contributed by atoms with Gasteiger partial charge in [0.05, 0.1) is 26.4 Å².